The summed E-state index contributed by atoms with van der Waals surface area (Å²) in [6.07, 6.45) is 0.291. The van der Waals surface area contributed by atoms with Gasteiger partial charge in [0.25, 0.3) is 0 Å². The van der Waals surface area contributed by atoms with E-state index < -0.39 is 23.1 Å². The summed E-state index contributed by atoms with van der Waals surface area (Å²) in [6, 6.07) is 6.73. The highest BCUT2D eigenvalue weighted by Crippen LogP contribution is 2.22. The number of hydrogen-bond donors (Lipinski definition) is 0. The predicted octanol–water partition coefficient (Wildman–Crippen LogP) is 2.02. The number of methoxy groups -OCH3 is 2. The van der Waals surface area contributed by atoms with Gasteiger partial charge in [0.1, 0.15) is 5.56 Å². The van der Waals surface area contributed by atoms with Gasteiger partial charge in [-0.25, -0.2) is 14.3 Å². The van der Waals surface area contributed by atoms with E-state index >= 15 is 0 Å². The van der Waals surface area contributed by atoms with Crippen LogP contribution in [0.1, 0.15) is 33.5 Å². The number of esters is 2. The van der Waals surface area contributed by atoms with Gasteiger partial charge >= 0.3 is 11.9 Å². The van der Waals surface area contributed by atoms with Crippen molar-refractivity contribution in [3.63, 3.8) is 0 Å². The lowest BCUT2D eigenvalue weighted by Crippen LogP contribution is -2.32. The molecule has 0 aliphatic rings. The van der Waals surface area contributed by atoms with Gasteiger partial charge in [0.05, 0.1) is 30.6 Å². The molecule has 0 saturated carbocycles. The molecule has 0 fully saturated rings. The molecule has 2 aromatic rings. The molecule has 2 rings (SSSR count). The monoisotopic (exact) mass is 350 g/mol. The van der Waals surface area contributed by atoms with Crippen molar-refractivity contribution >= 4 is 23.5 Å². The number of rotatable bonds is 4. The molecule has 0 spiro atoms. The third kappa shape index (κ3) is 3.03. The maximum absolute atomic E-state index is 12.5. The molecule has 0 aliphatic carbocycles. The lowest BCUT2D eigenvalue weighted by molar-refractivity contribution is 0.0586. The van der Waals surface area contributed by atoms with E-state index in [0.717, 1.165) is 14.2 Å². The Morgan fingerprint density at radius 3 is 2.33 bits per heavy atom. The number of hydrogen-bond acceptors (Lipinski definition) is 6. The first-order chi connectivity index (χ1) is 11.5. The van der Waals surface area contributed by atoms with Crippen LogP contribution in [0.2, 0.25) is 5.02 Å². The lowest BCUT2D eigenvalue weighted by atomic mass is 10.1. The second kappa shape index (κ2) is 7.27. The van der Waals surface area contributed by atoms with Gasteiger partial charge in [-0.2, -0.15) is 5.10 Å². The van der Waals surface area contributed by atoms with Gasteiger partial charge in [-0.3, -0.25) is 4.79 Å². The number of halogens is 1. The Morgan fingerprint density at radius 2 is 1.79 bits per heavy atom. The van der Waals surface area contributed by atoms with E-state index in [2.05, 4.69) is 14.6 Å². The van der Waals surface area contributed by atoms with Crippen LogP contribution >= 0.6 is 11.6 Å². The van der Waals surface area contributed by atoms with Crippen molar-refractivity contribution in [1.29, 1.82) is 0 Å². The maximum atomic E-state index is 12.5. The summed E-state index contributed by atoms with van der Waals surface area (Å²) in [5.74, 6) is -1.81. The van der Waals surface area contributed by atoms with Crippen LogP contribution in [0.4, 0.5) is 0 Å². The van der Waals surface area contributed by atoms with Gasteiger partial charge in [0.15, 0.2) is 0 Å². The Hall–Kier alpha value is -2.67. The normalized spacial score (nSPS) is 10.3. The minimum atomic E-state index is -0.950. The van der Waals surface area contributed by atoms with E-state index in [-0.39, 0.29) is 11.3 Å². The topological polar surface area (TPSA) is 87.5 Å². The molecular formula is C16H15ClN2O5. The van der Waals surface area contributed by atoms with Crippen LogP contribution in [0.3, 0.4) is 0 Å². The predicted molar refractivity (Wildman–Crippen MR) is 86.9 cm³/mol. The fraction of sp³-hybridized carbons (Fsp3) is 0.250. The van der Waals surface area contributed by atoms with E-state index in [1.54, 1.807) is 31.2 Å². The van der Waals surface area contributed by atoms with Crippen LogP contribution in [0.5, 0.6) is 0 Å². The van der Waals surface area contributed by atoms with E-state index in [0.29, 0.717) is 17.1 Å². The number of ether oxygens (including phenoxy) is 2. The Kier molecular flexibility index (Phi) is 5.35. The molecule has 0 atom stereocenters. The molecule has 0 amide bonds. The third-order valence-corrected chi connectivity index (χ3v) is 3.69. The second-order valence-electron chi connectivity index (χ2n) is 4.70. The average molecular weight is 351 g/mol. The molecule has 0 aliphatic heterocycles. The minimum Gasteiger partial charge on any atom is -0.465 e. The van der Waals surface area contributed by atoms with Crippen LogP contribution < -0.4 is 5.43 Å². The van der Waals surface area contributed by atoms with Crippen molar-refractivity contribution in [2.45, 2.75) is 13.3 Å². The van der Waals surface area contributed by atoms with Gasteiger partial charge < -0.3 is 9.47 Å². The first-order valence-electron chi connectivity index (χ1n) is 7.03. The number of para-hydroxylation sites is 1. The third-order valence-electron chi connectivity index (χ3n) is 3.37. The Balaban J connectivity index is 2.93. The van der Waals surface area contributed by atoms with Crippen LogP contribution in [0.15, 0.2) is 29.1 Å². The van der Waals surface area contributed by atoms with Crippen molar-refractivity contribution in [2.75, 3.05) is 14.2 Å². The smallest absolute Gasteiger partial charge is 0.362 e. The van der Waals surface area contributed by atoms with Crippen LogP contribution in [0, 0.1) is 0 Å². The highest BCUT2D eigenvalue weighted by Gasteiger charge is 2.27. The first-order valence-corrected chi connectivity index (χ1v) is 7.41. The molecule has 0 N–H and O–H groups in total. The standard InChI is InChI=1S/C16H15ClN2O5/c1-4-10-12(15(21)23-2)14(20)13(16(22)24-3)18-19(10)11-8-6-5-7-9(11)17/h5-8H,4H2,1-3H3. The van der Waals surface area contributed by atoms with E-state index in [9.17, 15) is 14.4 Å². The van der Waals surface area contributed by atoms with Gasteiger partial charge in [-0.05, 0) is 18.6 Å². The van der Waals surface area contributed by atoms with Gasteiger partial charge in [0.2, 0.25) is 11.1 Å². The second-order valence-corrected chi connectivity index (χ2v) is 5.11. The molecule has 126 valence electrons. The zero-order valence-electron chi connectivity index (χ0n) is 13.3. The molecular weight excluding hydrogens is 336 g/mol. The molecule has 0 saturated heterocycles. The zero-order chi connectivity index (χ0) is 17.9. The quantitative estimate of drug-likeness (QED) is 0.784. The van der Waals surface area contributed by atoms with E-state index in [1.807, 2.05) is 0 Å². The van der Waals surface area contributed by atoms with Gasteiger partial charge in [-0.15, -0.1) is 0 Å². The largest absolute Gasteiger partial charge is 0.465 e. The molecule has 1 aromatic heterocycles. The highest BCUT2D eigenvalue weighted by molar-refractivity contribution is 6.32. The fourth-order valence-electron chi connectivity index (χ4n) is 2.25. The van der Waals surface area contributed by atoms with Crippen molar-refractivity contribution < 1.29 is 19.1 Å². The summed E-state index contributed by atoms with van der Waals surface area (Å²) in [5.41, 5.74) is -0.918. The fourth-order valence-corrected chi connectivity index (χ4v) is 2.47. The molecule has 8 heteroatoms. The molecule has 0 unspecified atom stereocenters. The molecule has 1 aromatic carbocycles. The zero-order valence-corrected chi connectivity index (χ0v) is 14.1. The van der Waals surface area contributed by atoms with Crippen molar-refractivity contribution in [3.05, 3.63) is 56.5 Å². The number of benzene rings is 1. The van der Waals surface area contributed by atoms with Gasteiger partial charge in [0, 0.05) is 0 Å². The molecule has 1 heterocycles. The summed E-state index contributed by atoms with van der Waals surface area (Å²) in [7, 11) is 2.27. The van der Waals surface area contributed by atoms with E-state index in [1.165, 1.54) is 4.68 Å². The summed E-state index contributed by atoms with van der Waals surface area (Å²) < 4.78 is 10.6. The van der Waals surface area contributed by atoms with Crippen LogP contribution in [-0.4, -0.2) is 35.9 Å². The number of aromatic nitrogens is 2. The molecule has 24 heavy (non-hydrogen) atoms. The SMILES string of the molecule is CCc1c(C(=O)OC)c(=O)c(C(=O)OC)nn1-c1ccccc1Cl. The van der Waals surface area contributed by atoms with Crippen LogP contribution in [0.25, 0.3) is 5.69 Å². The maximum Gasteiger partial charge on any atom is 0.362 e. The number of nitrogens with zero attached hydrogens (tertiary/aromatic N) is 2. The minimum absolute atomic E-state index is 0.268. The summed E-state index contributed by atoms with van der Waals surface area (Å²) >= 11 is 6.19. The summed E-state index contributed by atoms with van der Waals surface area (Å²) in [5, 5.41) is 4.40. The lowest BCUT2D eigenvalue weighted by Gasteiger charge is -2.16. The molecule has 7 nitrogen and oxygen atoms in total. The van der Waals surface area contributed by atoms with Gasteiger partial charge in [-0.1, -0.05) is 30.7 Å². The van der Waals surface area contributed by atoms with Crippen LogP contribution in [-0.2, 0) is 15.9 Å². The van der Waals surface area contributed by atoms with E-state index in [4.69, 9.17) is 11.6 Å². The average Bonchev–Trinajstić information content (AvgIpc) is 2.60. The summed E-state index contributed by atoms with van der Waals surface area (Å²) in [6.45, 7) is 1.74. The van der Waals surface area contributed by atoms with Crippen molar-refractivity contribution in [2.24, 2.45) is 0 Å². The molecule has 0 radical (unpaired) electrons. The highest BCUT2D eigenvalue weighted by atomic mass is 35.5. The number of carbonyl (C=O) groups is 2. The number of carbonyl (C=O) groups excluding carboxylic acids is 2. The Morgan fingerprint density at radius 1 is 1.17 bits per heavy atom. The molecule has 0 bridgehead atoms. The van der Waals surface area contributed by atoms with Crippen molar-refractivity contribution in [3.8, 4) is 5.69 Å². The summed E-state index contributed by atoms with van der Waals surface area (Å²) in [4.78, 5) is 36.5. The Labute approximate surface area is 142 Å². The first kappa shape index (κ1) is 17.7. The van der Waals surface area contributed by atoms with Crippen molar-refractivity contribution in [1.82, 2.24) is 9.78 Å². The Bertz CT molecular complexity index is 860.